The summed E-state index contributed by atoms with van der Waals surface area (Å²) < 4.78 is 5.44. The van der Waals surface area contributed by atoms with Gasteiger partial charge in [0.25, 0.3) is 0 Å². The van der Waals surface area contributed by atoms with Crippen LogP contribution in [-0.4, -0.2) is 24.3 Å². The molecule has 0 unspecified atom stereocenters. The van der Waals surface area contributed by atoms with Crippen molar-refractivity contribution in [1.82, 2.24) is 5.32 Å². The lowest BCUT2D eigenvalue weighted by Gasteiger charge is -2.12. The van der Waals surface area contributed by atoms with Crippen molar-refractivity contribution < 1.29 is 9.53 Å². The van der Waals surface area contributed by atoms with Gasteiger partial charge in [0.15, 0.2) is 0 Å². The largest absolute Gasteiger partial charge is 0.494 e. The number of carbonyl (C=O) groups excluding carboxylic acids is 1. The maximum atomic E-state index is 12.1. The highest BCUT2D eigenvalue weighted by Crippen LogP contribution is 2.17. The zero-order chi connectivity index (χ0) is 17.9. The molecule has 0 aliphatic heterocycles. The molecule has 2 aromatic rings. The number of carbonyl (C=O) groups is 1. The Labute approximate surface area is 155 Å². The first kappa shape index (κ1) is 19.4. The highest BCUT2D eigenvalue weighted by Gasteiger charge is 2.12. The van der Waals surface area contributed by atoms with Crippen molar-refractivity contribution in [2.45, 2.75) is 37.7 Å². The van der Waals surface area contributed by atoms with Crippen LogP contribution in [-0.2, 0) is 17.0 Å². The van der Waals surface area contributed by atoms with E-state index in [1.807, 2.05) is 44.2 Å². The van der Waals surface area contributed by atoms with Gasteiger partial charge in [-0.15, -0.1) is 11.8 Å². The van der Waals surface area contributed by atoms with Gasteiger partial charge in [-0.25, -0.2) is 0 Å². The molecule has 0 aliphatic rings. The minimum atomic E-state index is -0.0364. The highest BCUT2D eigenvalue weighted by molar-refractivity contribution is 7.99. The molecule has 4 heteroatoms. The molecule has 0 saturated heterocycles. The van der Waals surface area contributed by atoms with Crippen LogP contribution in [0.25, 0.3) is 0 Å². The van der Waals surface area contributed by atoms with Crippen molar-refractivity contribution in [1.29, 1.82) is 0 Å². The quantitative estimate of drug-likeness (QED) is 0.638. The van der Waals surface area contributed by atoms with Crippen molar-refractivity contribution in [3.05, 3.63) is 65.7 Å². The van der Waals surface area contributed by atoms with Gasteiger partial charge in [-0.3, -0.25) is 4.79 Å². The predicted molar refractivity (Wildman–Crippen MR) is 106 cm³/mol. The Morgan fingerprint density at radius 1 is 1.08 bits per heavy atom. The van der Waals surface area contributed by atoms with E-state index in [0.29, 0.717) is 13.2 Å². The summed E-state index contributed by atoms with van der Waals surface area (Å²) in [6, 6.07) is 18.4. The van der Waals surface area contributed by atoms with Gasteiger partial charge in [0.2, 0.25) is 5.91 Å². The van der Waals surface area contributed by atoms with Gasteiger partial charge in [-0.05, 0) is 49.9 Å². The molecule has 0 bridgehead atoms. The Kier molecular flexibility index (Phi) is 8.40. The van der Waals surface area contributed by atoms with E-state index in [2.05, 4.69) is 29.6 Å². The Bertz CT molecular complexity index is 628. The second kappa shape index (κ2) is 10.8. The van der Waals surface area contributed by atoms with Gasteiger partial charge in [0.1, 0.15) is 5.75 Å². The third-order valence-corrected chi connectivity index (χ3v) is 5.10. The van der Waals surface area contributed by atoms with Crippen LogP contribution in [0.5, 0.6) is 5.75 Å². The van der Waals surface area contributed by atoms with Crippen molar-refractivity contribution >= 4 is 17.7 Å². The molecule has 0 spiro atoms. The van der Waals surface area contributed by atoms with Gasteiger partial charge in [-0.2, -0.15) is 0 Å². The molecule has 0 radical (unpaired) electrons. The lowest BCUT2D eigenvalue weighted by molar-refractivity contribution is -0.120. The van der Waals surface area contributed by atoms with Crippen LogP contribution >= 0.6 is 11.8 Å². The van der Waals surface area contributed by atoms with E-state index in [-0.39, 0.29) is 11.2 Å². The molecule has 134 valence electrons. The molecular formula is C21H27NO2S. The molecule has 0 aliphatic carbocycles. The molecule has 0 fully saturated rings. The van der Waals surface area contributed by atoms with Crippen molar-refractivity contribution in [2.75, 3.05) is 13.2 Å². The van der Waals surface area contributed by atoms with E-state index < -0.39 is 0 Å². The first-order chi connectivity index (χ1) is 12.2. The number of nitrogens with one attached hydrogen (secondary N) is 1. The molecule has 0 heterocycles. The number of benzene rings is 2. The second-order valence-electron chi connectivity index (χ2n) is 5.91. The number of amides is 1. The fourth-order valence-corrected chi connectivity index (χ4v) is 3.31. The van der Waals surface area contributed by atoms with Crippen molar-refractivity contribution in [3.8, 4) is 5.75 Å². The van der Waals surface area contributed by atoms with Gasteiger partial charge in [-0.1, -0.05) is 42.5 Å². The molecule has 0 saturated carbocycles. The summed E-state index contributed by atoms with van der Waals surface area (Å²) >= 11 is 1.67. The molecule has 1 amide bonds. The minimum absolute atomic E-state index is 0.0364. The van der Waals surface area contributed by atoms with E-state index in [1.54, 1.807) is 11.8 Å². The topological polar surface area (TPSA) is 38.3 Å². The summed E-state index contributed by atoms with van der Waals surface area (Å²) in [5, 5.41) is 3.00. The van der Waals surface area contributed by atoms with Crippen LogP contribution in [0, 0.1) is 0 Å². The van der Waals surface area contributed by atoms with Crippen LogP contribution < -0.4 is 10.1 Å². The van der Waals surface area contributed by atoms with Crippen molar-refractivity contribution in [3.63, 3.8) is 0 Å². The zero-order valence-electron chi connectivity index (χ0n) is 15.0. The number of hydrogen-bond donors (Lipinski definition) is 1. The summed E-state index contributed by atoms with van der Waals surface area (Å²) in [7, 11) is 0. The summed E-state index contributed by atoms with van der Waals surface area (Å²) in [4.78, 5) is 12.1. The molecule has 25 heavy (non-hydrogen) atoms. The van der Waals surface area contributed by atoms with Gasteiger partial charge in [0.05, 0.1) is 11.9 Å². The van der Waals surface area contributed by atoms with Crippen LogP contribution in [0.2, 0.25) is 0 Å². The molecule has 1 atom stereocenters. The normalized spacial score (nSPS) is 11.8. The lowest BCUT2D eigenvalue weighted by Crippen LogP contribution is -2.31. The molecule has 3 nitrogen and oxygen atoms in total. The van der Waals surface area contributed by atoms with Gasteiger partial charge < -0.3 is 10.1 Å². The zero-order valence-corrected chi connectivity index (χ0v) is 15.9. The SMILES string of the molecule is CCOc1ccc(CCCNC(=O)[C@H](C)SCc2ccccc2)cc1. The average Bonchev–Trinajstić information content (AvgIpc) is 2.65. The van der Waals surface area contributed by atoms with Crippen LogP contribution in [0.4, 0.5) is 0 Å². The molecular weight excluding hydrogens is 330 g/mol. The van der Waals surface area contributed by atoms with Crippen LogP contribution in [0.1, 0.15) is 31.4 Å². The average molecular weight is 358 g/mol. The Hall–Kier alpha value is -1.94. The molecule has 0 aromatic heterocycles. The Morgan fingerprint density at radius 3 is 2.48 bits per heavy atom. The summed E-state index contributed by atoms with van der Waals surface area (Å²) in [6.45, 7) is 5.35. The number of hydrogen-bond acceptors (Lipinski definition) is 3. The minimum Gasteiger partial charge on any atom is -0.494 e. The third kappa shape index (κ3) is 7.22. The second-order valence-corrected chi connectivity index (χ2v) is 7.24. The Balaban J connectivity index is 1.62. The molecule has 2 rings (SSSR count). The van der Waals surface area contributed by atoms with E-state index in [0.717, 1.165) is 24.3 Å². The number of rotatable bonds is 10. The maximum Gasteiger partial charge on any atom is 0.232 e. The van der Waals surface area contributed by atoms with Gasteiger partial charge >= 0.3 is 0 Å². The van der Waals surface area contributed by atoms with E-state index in [9.17, 15) is 4.79 Å². The smallest absolute Gasteiger partial charge is 0.232 e. The summed E-state index contributed by atoms with van der Waals surface area (Å²) in [5.41, 5.74) is 2.52. The standard InChI is InChI=1S/C21H27NO2S/c1-3-24-20-13-11-18(12-14-20)10-7-15-22-21(23)17(2)25-16-19-8-5-4-6-9-19/h4-6,8-9,11-14,17H,3,7,10,15-16H2,1-2H3,(H,22,23)/t17-/m0/s1. The molecule has 2 aromatic carbocycles. The number of aryl methyl sites for hydroxylation is 1. The van der Waals surface area contributed by atoms with Gasteiger partial charge in [0, 0.05) is 12.3 Å². The molecule has 1 N–H and O–H groups in total. The fraction of sp³-hybridized carbons (Fsp3) is 0.381. The lowest BCUT2D eigenvalue weighted by atomic mass is 10.1. The van der Waals surface area contributed by atoms with Crippen LogP contribution in [0.15, 0.2) is 54.6 Å². The van der Waals surface area contributed by atoms with E-state index in [4.69, 9.17) is 4.74 Å². The predicted octanol–water partition coefficient (Wildman–Crippen LogP) is 4.46. The van der Waals surface area contributed by atoms with E-state index >= 15 is 0 Å². The van der Waals surface area contributed by atoms with Crippen molar-refractivity contribution in [2.24, 2.45) is 0 Å². The first-order valence-electron chi connectivity index (χ1n) is 8.84. The Morgan fingerprint density at radius 2 is 1.80 bits per heavy atom. The first-order valence-corrected chi connectivity index (χ1v) is 9.89. The monoisotopic (exact) mass is 357 g/mol. The van der Waals surface area contributed by atoms with Crippen LogP contribution in [0.3, 0.4) is 0 Å². The van der Waals surface area contributed by atoms with E-state index in [1.165, 1.54) is 11.1 Å². The summed E-state index contributed by atoms with van der Waals surface area (Å²) in [5.74, 6) is 1.89. The number of thioether (sulfide) groups is 1. The maximum absolute atomic E-state index is 12.1. The third-order valence-electron chi connectivity index (χ3n) is 3.89. The highest BCUT2D eigenvalue weighted by atomic mass is 32.2. The fourth-order valence-electron chi connectivity index (χ4n) is 2.44. The summed E-state index contributed by atoms with van der Waals surface area (Å²) in [6.07, 6.45) is 1.90. The number of ether oxygens (including phenoxy) is 1.